The molecule has 5 aromatic rings. The number of carbonyl (C=O) groups is 1. The number of H-pyrrole nitrogens is 1. The van der Waals surface area contributed by atoms with Gasteiger partial charge >= 0.3 is 0 Å². The average Bonchev–Trinajstić information content (AvgIpc) is 3.49. The van der Waals surface area contributed by atoms with Gasteiger partial charge in [-0.15, -0.1) is 5.10 Å². The summed E-state index contributed by atoms with van der Waals surface area (Å²) in [7, 11) is 0. The van der Waals surface area contributed by atoms with E-state index in [9.17, 15) is 4.79 Å². The second-order valence-corrected chi connectivity index (χ2v) is 11.7. The molecule has 8 rings (SSSR count). The monoisotopic (exact) mass is 545 g/mol. The van der Waals surface area contributed by atoms with Crippen LogP contribution in [0.15, 0.2) is 54.9 Å². The lowest BCUT2D eigenvalue weighted by Crippen LogP contribution is -2.46. The minimum absolute atomic E-state index is 0.0739. The van der Waals surface area contributed by atoms with Crippen molar-refractivity contribution in [2.75, 3.05) is 5.73 Å². The fourth-order valence-electron chi connectivity index (χ4n) is 6.97. The predicted molar refractivity (Wildman–Crippen MR) is 154 cm³/mol. The number of nitrogens with two attached hydrogens (primary N) is 1. The van der Waals surface area contributed by atoms with E-state index in [1.54, 1.807) is 4.52 Å². The lowest BCUT2D eigenvalue weighted by molar-refractivity contribution is 0.0557. The van der Waals surface area contributed by atoms with Crippen molar-refractivity contribution >= 4 is 17.4 Å². The molecule has 10 heteroatoms. The second kappa shape index (κ2) is 9.22. The highest BCUT2D eigenvalue weighted by molar-refractivity contribution is 5.91. The van der Waals surface area contributed by atoms with Crippen molar-refractivity contribution in [2.24, 2.45) is 0 Å². The first-order valence-electron chi connectivity index (χ1n) is 14.5. The molecule has 2 bridgehead atoms. The number of aromatic nitrogens is 7. The lowest BCUT2D eigenvalue weighted by atomic mass is 9.85. The van der Waals surface area contributed by atoms with Gasteiger partial charge in [0.05, 0.1) is 17.6 Å². The molecular formula is C31H31N9O. The SMILES string of the molecule is Cc1nc(C(=O)N2[C@@H]3CC[C@H]2CC(c2nc4c(-c5ccc(-c6ccccc6)nc5)cnn4c(N)c2C2CC2)C3)n[nH]1. The van der Waals surface area contributed by atoms with Gasteiger partial charge in [-0.2, -0.15) is 9.61 Å². The molecule has 2 aliphatic heterocycles. The number of piperidine rings is 1. The molecule has 1 amide bonds. The molecule has 41 heavy (non-hydrogen) atoms. The Hall–Kier alpha value is -4.60. The smallest absolute Gasteiger partial charge is 0.294 e. The number of aromatic amines is 1. The molecule has 206 valence electrons. The number of pyridine rings is 1. The molecule has 3 atom stereocenters. The summed E-state index contributed by atoms with van der Waals surface area (Å²) in [4.78, 5) is 29.7. The summed E-state index contributed by atoms with van der Waals surface area (Å²) in [6, 6.07) is 14.6. The maximum Gasteiger partial charge on any atom is 0.294 e. The maximum absolute atomic E-state index is 13.3. The van der Waals surface area contributed by atoms with E-state index in [1.807, 2.05) is 48.5 Å². The Balaban J connectivity index is 1.15. The summed E-state index contributed by atoms with van der Waals surface area (Å²) in [5.41, 5.74) is 13.7. The molecule has 1 saturated carbocycles. The van der Waals surface area contributed by atoms with E-state index in [1.165, 1.54) is 0 Å². The number of benzene rings is 1. The lowest BCUT2D eigenvalue weighted by Gasteiger charge is -2.38. The van der Waals surface area contributed by atoms with Crippen LogP contribution < -0.4 is 5.73 Å². The number of aryl methyl sites for hydroxylation is 1. The zero-order chi connectivity index (χ0) is 27.7. The highest BCUT2D eigenvalue weighted by Crippen LogP contribution is 2.50. The van der Waals surface area contributed by atoms with Gasteiger partial charge in [0, 0.05) is 46.5 Å². The van der Waals surface area contributed by atoms with Gasteiger partial charge in [-0.3, -0.25) is 14.9 Å². The van der Waals surface area contributed by atoms with Crippen molar-refractivity contribution in [3.8, 4) is 22.4 Å². The van der Waals surface area contributed by atoms with Gasteiger partial charge < -0.3 is 10.6 Å². The Morgan fingerprint density at radius 1 is 0.927 bits per heavy atom. The van der Waals surface area contributed by atoms with Gasteiger partial charge in [0.15, 0.2) is 5.65 Å². The number of nitrogen functional groups attached to an aromatic ring is 1. The van der Waals surface area contributed by atoms with Crippen LogP contribution in [0.1, 0.15) is 78.1 Å². The molecule has 1 aromatic carbocycles. The van der Waals surface area contributed by atoms with Crippen molar-refractivity contribution in [1.82, 2.24) is 39.7 Å². The summed E-state index contributed by atoms with van der Waals surface area (Å²) in [5.74, 6) is 2.18. The number of rotatable bonds is 5. The van der Waals surface area contributed by atoms with Gasteiger partial charge in [-0.1, -0.05) is 36.4 Å². The van der Waals surface area contributed by atoms with Gasteiger partial charge in [0.25, 0.3) is 5.91 Å². The third-order valence-corrected chi connectivity index (χ3v) is 9.02. The predicted octanol–water partition coefficient (Wildman–Crippen LogP) is 4.90. The molecular weight excluding hydrogens is 514 g/mol. The van der Waals surface area contributed by atoms with E-state index >= 15 is 0 Å². The van der Waals surface area contributed by atoms with Crippen LogP contribution >= 0.6 is 0 Å². The normalized spacial score (nSPS) is 22.0. The van der Waals surface area contributed by atoms with Crippen molar-refractivity contribution in [2.45, 2.75) is 69.4 Å². The largest absolute Gasteiger partial charge is 0.383 e. The first-order valence-corrected chi connectivity index (χ1v) is 14.5. The number of fused-ring (bicyclic) bond motifs is 3. The highest BCUT2D eigenvalue weighted by Gasteiger charge is 2.46. The molecule has 2 saturated heterocycles. The number of hydrogen-bond acceptors (Lipinski definition) is 7. The molecule has 3 aliphatic rings. The Kier molecular flexibility index (Phi) is 5.45. The van der Waals surface area contributed by atoms with Gasteiger partial charge in [-0.25, -0.2) is 9.97 Å². The molecule has 10 nitrogen and oxygen atoms in total. The second-order valence-electron chi connectivity index (χ2n) is 11.7. The van der Waals surface area contributed by atoms with E-state index in [2.05, 4.69) is 38.5 Å². The van der Waals surface area contributed by atoms with Crippen LogP contribution in [0.3, 0.4) is 0 Å². The van der Waals surface area contributed by atoms with Crippen LogP contribution in [0.4, 0.5) is 5.82 Å². The quantitative estimate of drug-likeness (QED) is 0.321. The number of carbonyl (C=O) groups excluding carboxylic acids is 1. The molecule has 0 spiro atoms. The van der Waals surface area contributed by atoms with E-state index in [0.29, 0.717) is 17.6 Å². The van der Waals surface area contributed by atoms with Crippen LogP contribution in [-0.4, -0.2) is 57.7 Å². The Labute approximate surface area is 237 Å². The number of anilines is 1. The first-order chi connectivity index (χ1) is 20.0. The minimum Gasteiger partial charge on any atom is -0.383 e. The Morgan fingerprint density at radius 2 is 1.71 bits per heavy atom. The fraction of sp³-hybridized carbons (Fsp3) is 0.355. The zero-order valence-electron chi connectivity index (χ0n) is 22.9. The Morgan fingerprint density at radius 3 is 2.37 bits per heavy atom. The van der Waals surface area contributed by atoms with Gasteiger partial charge in [0.1, 0.15) is 11.6 Å². The molecule has 3 fully saturated rings. The number of nitrogens with zero attached hydrogens (tertiary/aromatic N) is 7. The molecule has 0 radical (unpaired) electrons. The summed E-state index contributed by atoms with van der Waals surface area (Å²) < 4.78 is 1.80. The number of hydrogen-bond donors (Lipinski definition) is 2. The van der Waals surface area contributed by atoms with Crippen molar-refractivity contribution in [3.05, 3.63) is 77.8 Å². The van der Waals surface area contributed by atoms with E-state index in [0.717, 1.165) is 77.8 Å². The van der Waals surface area contributed by atoms with Crippen LogP contribution in [0, 0.1) is 6.92 Å². The van der Waals surface area contributed by atoms with Crippen molar-refractivity contribution in [1.29, 1.82) is 0 Å². The third kappa shape index (κ3) is 4.00. The maximum atomic E-state index is 13.3. The number of nitrogens with one attached hydrogen (secondary N) is 1. The third-order valence-electron chi connectivity index (χ3n) is 9.02. The van der Waals surface area contributed by atoms with Crippen LogP contribution in [0.2, 0.25) is 0 Å². The van der Waals surface area contributed by atoms with Crippen molar-refractivity contribution in [3.63, 3.8) is 0 Å². The van der Waals surface area contributed by atoms with Crippen molar-refractivity contribution < 1.29 is 4.79 Å². The topological polar surface area (TPSA) is 131 Å². The van der Waals surface area contributed by atoms with Crippen LogP contribution in [0.25, 0.3) is 28.0 Å². The molecule has 1 unspecified atom stereocenters. The zero-order valence-corrected chi connectivity index (χ0v) is 22.9. The number of amides is 1. The standard InChI is InChI=1S/C31H31N9O/c1-17-35-29(38-37-17)31(41)39-22-10-11-23(39)14-21(13-22)27-26(19-7-8-19)28(32)40-30(36-27)24(16-34-40)20-9-12-25(33-15-20)18-5-3-2-4-6-18/h2-6,9,12,15-16,19,21-23H,7-8,10-11,13-14,32H2,1H3,(H,35,37,38)/t21?,22-,23+. The van der Waals surface area contributed by atoms with E-state index in [4.69, 9.17) is 15.7 Å². The van der Waals surface area contributed by atoms with Gasteiger partial charge in [-0.05, 0) is 57.4 Å². The average molecular weight is 546 g/mol. The fourth-order valence-corrected chi connectivity index (χ4v) is 6.97. The summed E-state index contributed by atoms with van der Waals surface area (Å²) in [6.07, 6.45) is 9.70. The summed E-state index contributed by atoms with van der Waals surface area (Å²) in [5, 5.41) is 11.6. The highest BCUT2D eigenvalue weighted by atomic mass is 16.2. The molecule has 1 aliphatic carbocycles. The Bertz CT molecular complexity index is 1760. The molecule has 6 heterocycles. The van der Waals surface area contributed by atoms with Crippen LogP contribution in [-0.2, 0) is 0 Å². The van der Waals surface area contributed by atoms with Gasteiger partial charge in [0.2, 0.25) is 5.82 Å². The first kappa shape index (κ1) is 24.2. The molecule has 4 aromatic heterocycles. The van der Waals surface area contributed by atoms with Crippen LogP contribution in [0.5, 0.6) is 0 Å². The minimum atomic E-state index is -0.0739. The molecule has 3 N–H and O–H groups in total. The van der Waals surface area contributed by atoms with E-state index in [-0.39, 0.29) is 29.7 Å². The summed E-state index contributed by atoms with van der Waals surface area (Å²) >= 11 is 0. The summed E-state index contributed by atoms with van der Waals surface area (Å²) in [6.45, 7) is 1.81. The van der Waals surface area contributed by atoms with E-state index < -0.39 is 0 Å².